The van der Waals surface area contributed by atoms with Gasteiger partial charge in [-0.25, -0.2) is 9.97 Å². The third kappa shape index (κ3) is 5.64. The average Bonchev–Trinajstić information content (AvgIpc) is 3.37. The Morgan fingerprint density at radius 3 is 2.80 bits per heavy atom. The molecule has 44 heavy (non-hydrogen) atoms. The van der Waals surface area contributed by atoms with E-state index in [0.717, 1.165) is 35.3 Å². The molecule has 3 aromatic heterocycles. The summed E-state index contributed by atoms with van der Waals surface area (Å²) in [5.41, 5.74) is 3.54. The highest BCUT2D eigenvalue weighted by atomic mass is 32.1. The van der Waals surface area contributed by atoms with Gasteiger partial charge in [0.15, 0.2) is 0 Å². The second-order valence-corrected chi connectivity index (χ2v) is 11.9. The van der Waals surface area contributed by atoms with E-state index in [1.165, 1.54) is 36.4 Å². The lowest BCUT2D eigenvalue weighted by molar-refractivity contribution is 0.887. The first-order valence-corrected chi connectivity index (χ1v) is 16.0. The molecule has 0 amide bonds. The summed E-state index contributed by atoms with van der Waals surface area (Å²) < 4.78 is 3.54. The predicted octanol–water partition coefficient (Wildman–Crippen LogP) is 7.03. The van der Waals surface area contributed by atoms with E-state index in [2.05, 4.69) is 151 Å². The van der Waals surface area contributed by atoms with E-state index in [0.29, 0.717) is 0 Å². The lowest BCUT2D eigenvalue weighted by atomic mass is 10.1. The molecule has 3 heterocycles. The molecule has 0 N–H and O–H groups in total. The third-order valence-corrected chi connectivity index (χ3v) is 9.04. The van der Waals surface area contributed by atoms with Crippen molar-refractivity contribution in [1.29, 1.82) is 0 Å². The molecule has 214 valence electrons. The molecule has 3 nitrogen and oxygen atoms in total. The van der Waals surface area contributed by atoms with Crippen molar-refractivity contribution in [1.82, 2.24) is 14.5 Å². The maximum absolute atomic E-state index is 5.24. The minimum Gasteiger partial charge on any atom is -0.294 e. The number of para-hydroxylation sites is 1. The van der Waals surface area contributed by atoms with Crippen molar-refractivity contribution in [3.8, 4) is 16.3 Å². The summed E-state index contributed by atoms with van der Waals surface area (Å²) >= 11 is 1.82. The van der Waals surface area contributed by atoms with E-state index in [9.17, 15) is 0 Å². The topological polar surface area (TPSA) is 30.7 Å². The first-order chi connectivity index (χ1) is 21.8. The first-order valence-electron chi connectivity index (χ1n) is 15.2. The number of nitrogens with zero attached hydrogens (tertiary/aromatic N) is 3. The van der Waals surface area contributed by atoms with Crippen molar-refractivity contribution in [2.75, 3.05) is 0 Å². The Bertz CT molecular complexity index is 2240. The quantitative estimate of drug-likeness (QED) is 0.214. The molecule has 4 heteroatoms. The van der Waals surface area contributed by atoms with Crippen molar-refractivity contribution >= 4 is 46.5 Å². The highest BCUT2D eigenvalue weighted by Crippen LogP contribution is 2.23. The Kier molecular flexibility index (Phi) is 7.99. The smallest absolute Gasteiger partial charge is 0.141 e. The van der Waals surface area contributed by atoms with Crippen LogP contribution < -0.4 is 20.3 Å². The molecule has 7 rings (SSSR count). The van der Waals surface area contributed by atoms with Crippen LogP contribution in [0.3, 0.4) is 0 Å². The summed E-state index contributed by atoms with van der Waals surface area (Å²) in [6.07, 6.45) is 32.3. The molecule has 0 bridgehead atoms. The summed E-state index contributed by atoms with van der Waals surface area (Å²) in [7, 11) is 0. The van der Waals surface area contributed by atoms with E-state index in [4.69, 9.17) is 9.97 Å². The van der Waals surface area contributed by atoms with Gasteiger partial charge in [0.1, 0.15) is 11.6 Å². The molecule has 2 aliphatic rings. The zero-order chi connectivity index (χ0) is 29.7. The number of hydrogen-bond donors (Lipinski definition) is 0. The Morgan fingerprint density at radius 2 is 1.89 bits per heavy atom. The Morgan fingerprint density at radius 1 is 1.00 bits per heavy atom. The van der Waals surface area contributed by atoms with Gasteiger partial charge in [-0.3, -0.25) is 4.57 Å². The summed E-state index contributed by atoms with van der Waals surface area (Å²) in [6.45, 7) is 2.16. The fourth-order valence-corrected chi connectivity index (χ4v) is 6.82. The molecule has 2 aliphatic carbocycles. The van der Waals surface area contributed by atoms with Gasteiger partial charge in [-0.15, -0.1) is 11.3 Å². The lowest BCUT2D eigenvalue weighted by Gasteiger charge is -2.10. The SMILES string of the molecule is CCC=C/C=c1\c(=C\C2=CCC=CC=C2)n(-c2ccnc(C3C=CC=c4sc(-c5ccccc5)cc4=C3)n2)c2ccccc12. The van der Waals surface area contributed by atoms with E-state index < -0.39 is 0 Å². The van der Waals surface area contributed by atoms with Crippen LogP contribution in [0.4, 0.5) is 0 Å². The zero-order valence-corrected chi connectivity index (χ0v) is 25.5. The van der Waals surface area contributed by atoms with Crippen LogP contribution in [0.25, 0.3) is 51.5 Å². The van der Waals surface area contributed by atoms with Gasteiger partial charge in [-0.2, -0.15) is 0 Å². The van der Waals surface area contributed by atoms with Gasteiger partial charge >= 0.3 is 0 Å². The highest BCUT2D eigenvalue weighted by Gasteiger charge is 2.15. The van der Waals surface area contributed by atoms with Crippen molar-refractivity contribution in [2.45, 2.75) is 25.7 Å². The van der Waals surface area contributed by atoms with Gasteiger partial charge < -0.3 is 0 Å². The molecule has 0 radical (unpaired) electrons. The normalized spacial score (nSPS) is 16.9. The molecule has 0 saturated carbocycles. The van der Waals surface area contributed by atoms with Crippen LogP contribution in [-0.2, 0) is 0 Å². The molecular weight excluding hydrogens is 555 g/mol. The third-order valence-electron chi connectivity index (χ3n) is 7.88. The number of fused-ring (bicyclic) bond motifs is 2. The molecule has 1 atom stereocenters. The Hall–Kier alpha value is -5.06. The van der Waals surface area contributed by atoms with Gasteiger partial charge in [0.05, 0.1) is 16.8 Å². The van der Waals surface area contributed by atoms with Crippen LogP contribution >= 0.6 is 11.3 Å². The number of allylic oxidation sites excluding steroid dienone is 10. The molecule has 0 spiro atoms. The minimum absolute atomic E-state index is 0.0444. The molecule has 1 unspecified atom stereocenters. The van der Waals surface area contributed by atoms with E-state index in [-0.39, 0.29) is 5.92 Å². The fraction of sp³-hybridized carbons (Fsp3) is 0.100. The molecule has 0 saturated heterocycles. The summed E-state index contributed by atoms with van der Waals surface area (Å²) in [4.78, 5) is 11.3. The monoisotopic (exact) mass is 587 g/mol. The van der Waals surface area contributed by atoms with Crippen LogP contribution in [0.2, 0.25) is 0 Å². The zero-order valence-electron chi connectivity index (χ0n) is 24.7. The molecule has 2 aromatic carbocycles. The van der Waals surface area contributed by atoms with Crippen LogP contribution in [0.15, 0.2) is 133 Å². The number of rotatable bonds is 6. The summed E-state index contributed by atoms with van der Waals surface area (Å²) in [5, 5.41) is 4.71. The van der Waals surface area contributed by atoms with Gasteiger partial charge in [0.2, 0.25) is 0 Å². The summed E-state index contributed by atoms with van der Waals surface area (Å²) in [5.74, 6) is 1.60. The van der Waals surface area contributed by atoms with E-state index in [1.54, 1.807) is 0 Å². The van der Waals surface area contributed by atoms with Gasteiger partial charge in [0.25, 0.3) is 0 Å². The van der Waals surface area contributed by atoms with Crippen LogP contribution in [0.1, 0.15) is 31.5 Å². The maximum atomic E-state index is 5.24. The molecule has 0 fully saturated rings. The number of benzene rings is 2. The first kappa shape index (κ1) is 27.8. The van der Waals surface area contributed by atoms with E-state index in [1.807, 2.05) is 23.6 Å². The molecule has 5 aromatic rings. The van der Waals surface area contributed by atoms with Crippen LogP contribution in [0.5, 0.6) is 0 Å². The van der Waals surface area contributed by atoms with Gasteiger partial charge in [-0.05, 0) is 59.5 Å². The van der Waals surface area contributed by atoms with Crippen molar-refractivity contribution in [3.63, 3.8) is 0 Å². The standard InChI is InChI=1S/C40H33N3S/c1-2-3-7-20-34-33-21-12-13-22-35(33)43(36(34)26-29-15-8-4-5-9-16-29)39-24-25-41-40(42-39)31-19-14-23-37-32(27-31)28-38(44-37)30-17-10-6-11-18-30/h3-8,10-28,31H,2,9H2,1H3/b7-3?,34-20-,36-26-. The largest absolute Gasteiger partial charge is 0.294 e. The average molecular weight is 588 g/mol. The molecule has 0 aliphatic heterocycles. The Labute approximate surface area is 261 Å². The van der Waals surface area contributed by atoms with Gasteiger partial charge in [-0.1, -0.05) is 122 Å². The van der Waals surface area contributed by atoms with Crippen molar-refractivity contribution < 1.29 is 0 Å². The van der Waals surface area contributed by atoms with Crippen molar-refractivity contribution in [3.05, 3.63) is 159 Å². The fourth-order valence-electron chi connectivity index (χ4n) is 5.76. The van der Waals surface area contributed by atoms with Gasteiger partial charge in [0, 0.05) is 26.2 Å². The number of thiophene rings is 1. The number of hydrogen-bond acceptors (Lipinski definition) is 3. The predicted molar refractivity (Wildman–Crippen MR) is 187 cm³/mol. The van der Waals surface area contributed by atoms with E-state index >= 15 is 0 Å². The molecular formula is C40H33N3S. The second kappa shape index (κ2) is 12.7. The van der Waals surface area contributed by atoms with Crippen LogP contribution in [0, 0.1) is 0 Å². The van der Waals surface area contributed by atoms with Crippen LogP contribution in [-0.4, -0.2) is 14.5 Å². The van der Waals surface area contributed by atoms with Crippen molar-refractivity contribution in [2.24, 2.45) is 0 Å². The summed E-state index contributed by atoms with van der Waals surface area (Å²) in [6, 6.07) is 23.5. The lowest BCUT2D eigenvalue weighted by Crippen LogP contribution is -2.29. The highest BCUT2D eigenvalue weighted by molar-refractivity contribution is 7.13. The second-order valence-electron chi connectivity index (χ2n) is 10.8. The maximum Gasteiger partial charge on any atom is 0.141 e. The number of aromatic nitrogens is 3. The minimum atomic E-state index is -0.0444. The Balaban J connectivity index is 1.39.